The third-order valence-electron chi connectivity index (χ3n) is 3.82. The highest BCUT2D eigenvalue weighted by Crippen LogP contribution is 2.20. The number of nitrogens with one attached hydrogen (secondary N) is 1. The van der Waals surface area contributed by atoms with Gasteiger partial charge >= 0.3 is 0 Å². The second kappa shape index (κ2) is 7.25. The maximum Gasteiger partial charge on any atom is 0.294 e. The predicted molar refractivity (Wildman–Crippen MR) is 81.0 cm³/mol. The van der Waals surface area contributed by atoms with Gasteiger partial charge in [0.2, 0.25) is 0 Å². The fourth-order valence-corrected chi connectivity index (χ4v) is 2.43. The minimum Gasteiger partial charge on any atom is -0.394 e. The van der Waals surface area contributed by atoms with Crippen molar-refractivity contribution in [1.82, 2.24) is 15.5 Å². The van der Waals surface area contributed by atoms with Crippen LogP contribution < -0.4 is 5.32 Å². The standard InChI is InChI=1S/C15H17N3O7/c19-6-8-9(20)10(21)11(22)15(24-8)17-13(23)12-16-14(25-18-12)7-4-2-1-3-5-7/h1-5,8-11,15,19-22H,6H2,(H,17,23)/t8-,9-,10+,11-,15-/m1/s1. The van der Waals surface area contributed by atoms with Crippen LogP contribution in [-0.4, -0.2) is 73.7 Å². The number of ether oxygens (including phenoxy) is 1. The van der Waals surface area contributed by atoms with E-state index in [4.69, 9.17) is 14.4 Å². The number of rotatable bonds is 4. The Balaban J connectivity index is 1.71. The maximum absolute atomic E-state index is 12.2. The SMILES string of the molecule is O=C(N[C@@H]1O[C@H](CO)[C@@H](O)[C@H](O)[C@H]1O)c1noc(-c2ccccc2)n1. The molecule has 5 N–H and O–H groups in total. The Morgan fingerprint density at radius 3 is 2.52 bits per heavy atom. The summed E-state index contributed by atoms with van der Waals surface area (Å²) >= 11 is 0. The molecule has 3 rings (SSSR count). The maximum atomic E-state index is 12.2. The molecule has 0 spiro atoms. The van der Waals surface area contributed by atoms with Gasteiger partial charge in [-0.15, -0.1) is 0 Å². The van der Waals surface area contributed by atoms with E-state index in [2.05, 4.69) is 15.5 Å². The molecule has 5 atom stereocenters. The van der Waals surface area contributed by atoms with Gasteiger partial charge in [0.25, 0.3) is 17.6 Å². The van der Waals surface area contributed by atoms with Crippen molar-refractivity contribution in [3.05, 3.63) is 36.2 Å². The molecule has 10 nitrogen and oxygen atoms in total. The van der Waals surface area contributed by atoms with Crippen molar-refractivity contribution < 1.29 is 34.5 Å². The summed E-state index contributed by atoms with van der Waals surface area (Å²) in [4.78, 5) is 16.1. The molecule has 1 aromatic heterocycles. The highest BCUT2D eigenvalue weighted by Gasteiger charge is 2.44. The lowest BCUT2D eigenvalue weighted by atomic mass is 9.98. The lowest BCUT2D eigenvalue weighted by Crippen LogP contribution is -2.63. The van der Waals surface area contributed by atoms with Gasteiger partial charge in [-0.3, -0.25) is 4.79 Å². The van der Waals surface area contributed by atoms with Gasteiger partial charge in [0.05, 0.1) is 6.61 Å². The molecule has 2 aromatic rings. The Labute approximate surface area is 141 Å². The monoisotopic (exact) mass is 351 g/mol. The topological polar surface area (TPSA) is 158 Å². The van der Waals surface area contributed by atoms with Gasteiger partial charge in [0.15, 0.2) is 6.23 Å². The number of aromatic nitrogens is 2. The smallest absolute Gasteiger partial charge is 0.294 e. The van der Waals surface area contributed by atoms with Crippen molar-refractivity contribution in [2.24, 2.45) is 0 Å². The molecule has 1 aliphatic rings. The van der Waals surface area contributed by atoms with E-state index < -0.39 is 43.2 Å². The van der Waals surface area contributed by atoms with Gasteiger partial charge < -0.3 is 35.0 Å². The number of carbonyl (C=O) groups is 1. The number of hydrogen-bond donors (Lipinski definition) is 5. The summed E-state index contributed by atoms with van der Waals surface area (Å²) in [6, 6.07) is 8.81. The van der Waals surface area contributed by atoms with Crippen molar-refractivity contribution >= 4 is 5.91 Å². The van der Waals surface area contributed by atoms with Crippen LogP contribution in [-0.2, 0) is 4.74 Å². The average molecular weight is 351 g/mol. The quantitative estimate of drug-likeness (QED) is 0.431. The molecule has 0 saturated carbocycles. The van der Waals surface area contributed by atoms with Crippen LogP contribution in [0.2, 0.25) is 0 Å². The first-order valence-corrected chi connectivity index (χ1v) is 7.51. The summed E-state index contributed by atoms with van der Waals surface area (Å²) in [6.45, 7) is -0.600. The molecule has 0 bridgehead atoms. The van der Waals surface area contributed by atoms with Crippen LogP contribution in [0.4, 0.5) is 0 Å². The predicted octanol–water partition coefficient (Wildman–Crippen LogP) is -1.73. The van der Waals surface area contributed by atoms with E-state index in [0.29, 0.717) is 5.56 Å². The van der Waals surface area contributed by atoms with Gasteiger partial charge in [-0.25, -0.2) is 0 Å². The molecule has 0 radical (unpaired) electrons. The second-order valence-electron chi connectivity index (χ2n) is 5.51. The summed E-state index contributed by atoms with van der Waals surface area (Å²) < 4.78 is 10.2. The molecule has 0 aliphatic carbocycles. The third kappa shape index (κ3) is 3.52. The van der Waals surface area contributed by atoms with Crippen molar-refractivity contribution in [3.8, 4) is 11.5 Å². The molecule has 134 valence electrons. The molecular weight excluding hydrogens is 334 g/mol. The molecule has 1 amide bonds. The first kappa shape index (κ1) is 17.5. The Kier molecular flexibility index (Phi) is 5.06. The zero-order valence-electron chi connectivity index (χ0n) is 12.9. The first-order valence-electron chi connectivity index (χ1n) is 7.51. The number of amides is 1. The summed E-state index contributed by atoms with van der Waals surface area (Å²) in [7, 11) is 0. The zero-order valence-corrected chi connectivity index (χ0v) is 12.9. The van der Waals surface area contributed by atoms with E-state index in [-0.39, 0.29) is 11.7 Å². The van der Waals surface area contributed by atoms with E-state index in [1.807, 2.05) is 6.07 Å². The molecule has 1 aromatic carbocycles. The first-order chi connectivity index (χ1) is 12.0. The van der Waals surface area contributed by atoms with E-state index in [1.165, 1.54) is 0 Å². The minimum atomic E-state index is -1.60. The summed E-state index contributed by atoms with van der Waals surface area (Å²) in [5, 5.41) is 44.3. The highest BCUT2D eigenvalue weighted by atomic mass is 16.6. The molecule has 1 saturated heterocycles. The Hall–Kier alpha value is -2.37. The normalized spacial score (nSPS) is 29.4. The van der Waals surface area contributed by atoms with Crippen molar-refractivity contribution in [1.29, 1.82) is 0 Å². The molecule has 10 heteroatoms. The number of carbonyl (C=O) groups excluding carboxylic acids is 1. The third-order valence-corrected chi connectivity index (χ3v) is 3.82. The number of aliphatic hydroxyl groups excluding tert-OH is 4. The van der Waals surface area contributed by atoms with Crippen LogP contribution in [0.15, 0.2) is 34.9 Å². The van der Waals surface area contributed by atoms with E-state index in [0.717, 1.165) is 0 Å². The van der Waals surface area contributed by atoms with E-state index in [9.17, 15) is 20.1 Å². The molecule has 1 aliphatic heterocycles. The fraction of sp³-hybridized carbons (Fsp3) is 0.400. The van der Waals surface area contributed by atoms with Gasteiger partial charge in [0, 0.05) is 5.56 Å². The number of nitrogens with zero attached hydrogens (tertiary/aromatic N) is 2. The molecule has 2 heterocycles. The second-order valence-corrected chi connectivity index (χ2v) is 5.51. The largest absolute Gasteiger partial charge is 0.394 e. The number of aliphatic hydroxyl groups is 4. The lowest BCUT2D eigenvalue weighted by Gasteiger charge is -2.39. The van der Waals surface area contributed by atoms with Crippen LogP contribution >= 0.6 is 0 Å². The summed E-state index contributed by atoms with van der Waals surface area (Å²) in [5.74, 6) is -0.967. The molecule has 0 unspecified atom stereocenters. The highest BCUT2D eigenvalue weighted by molar-refractivity contribution is 5.90. The summed E-state index contributed by atoms with van der Waals surface area (Å²) in [6.07, 6.45) is -7.19. The minimum absolute atomic E-state index is 0.138. The number of hydrogen-bond acceptors (Lipinski definition) is 9. The lowest BCUT2D eigenvalue weighted by molar-refractivity contribution is -0.233. The van der Waals surface area contributed by atoms with Crippen molar-refractivity contribution in [2.75, 3.05) is 6.61 Å². The van der Waals surface area contributed by atoms with E-state index >= 15 is 0 Å². The number of benzene rings is 1. The molecular formula is C15H17N3O7. The van der Waals surface area contributed by atoms with Crippen molar-refractivity contribution in [3.63, 3.8) is 0 Å². The van der Waals surface area contributed by atoms with Crippen molar-refractivity contribution in [2.45, 2.75) is 30.6 Å². The van der Waals surface area contributed by atoms with Crippen LogP contribution in [0.5, 0.6) is 0 Å². The van der Waals surface area contributed by atoms with E-state index in [1.54, 1.807) is 24.3 Å². The van der Waals surface area contributed by atoms with Gasteiger partial charge in [-0.1, -0.05) is 23.4 Å². The van der Waals surface area contributed by atoms with Gasteiger partial charge in [0.1, 0.15) is 24.4 Å². The fourth-order valence-electron chi connectivity index (χ4n) is 2.43. The van der Waals surface area contributed by atoms with Crippen LogP contribution in [0, 0.1) is 0 Å². The molecule has 1 fully saturated rings. The zero-order chi connectivity index (χ0) is 18.0. The molecule has 25 heavy (non-hydrogen) atoms. The van der Waals surface area contributed by atoms with Gasteiger partial charge in [-0.2, -0.15) is 4.98 Å². The van der Waals surface area contributed by atoms with Crippen LogP contribution in [0.3, 0.4) is 0 Å². The Bertz CT molecular complexity index is 721. The van der Waals surface area contributed by atoms with Crippen LogP contribution in [0.25, 0.3) is 11.5 Å². The van der Waals surface area contributed by atoms with Gasteiger partial charge in [-0.05, 0) is 12.1 Å². The average Bonchev–Trinajstić information content (AvgIpc) is 3.13. The Morgan fingerprint density at radius 1 is 1.12 bits per heavy atom. The van der Waals surface area contributed by atoms with Crippen LogP contribution in [0.1, 0.15) is 10.6 Å². The summed E-state index contributed by atoms with van der Waals surface area (Å²) in [5.41, 5.74) is 0.627. The Morgan fingerprint density at radius 2 is 1.84 bits per heavy atom.